The molecule has 1 aromatic carbocycles. The number of piperidine rings is 1. The number of hydrogen-bond donors (Lipinski definition) is 1. The van der Waals surface area contributed by atoms with Gasteiger partial charge in [-0.25, -0.2) is 0 Å². The molecule has 2 aliphatic heterocycles. The fourth-order valence-corrected chi connectivity index (χ4v) is 9.44. The van der Waals surface area contributed by atoms with Crippen molar-refractivity contribution in [3.63, 3.8) is 0 Å². The second-order valence-electron chi connectivity index (χ2n) is 11.3. The van der Waals surface area contributed by atoms with E-state index < -0.39 is 11.0 Å². The summed E-state index contributed by atoms with van der Waals surface area (Å²) in [5.41, 5.74) is 1.90. The Morgan fingerprint density at radius 3 is 2.90 bits per heavy atom. The van der Waals surface area contributed by atoms with E-state index in [1.807, 2.05) is 0 Å². The summed E-state index contributed by atoms with van der Waals surface area (Å²) in [6.07, 6.45) is 8.45. The van der Waals surface area contributed by atoms with Crippen LogP contribution in [0.15, 0.2) is 23.8 Å². The molecule has 0 radical (unpaired) electrons. The van der Waals surface area contributed by atoms with Gasteiger partial charge in [-0.3, -0.25) is 9.69 Å². The van der Waals surface area contributed by atoms with Gasteiger partial charge in [0.2, 0.25) is 0 Å². The van der Waals surface area contributed by atoms with E-state index in [-0.39, 0.29) is 28.5 Å². The molecule has 9 aliphatic rings. The summed E-state index contributed by atoms with van der Waals surface area (Å²) >= 11 is 0. The third-order valence-electron chi connectivity index (χ3n) is 10.7. The molecule has 5 nitrogen and oxygen atoms in total. The summed E-state index contributed by atoms with van der Waals surface area (Å²) < 4.78 is 13.1. The fraction of sp³-hybridized carbons (Fsp3) is 0.654. The number of phenols is 1. The lowest BCUT2D eigenvalue weighted by Crippen LogP contribution is -2.89. The van der Waals surface area contributed by atoms with Crippen molar-refractivity contribution < 1.29 is 19.4 Å². The number of ether oxygens (including phenoxy) is 2. The van der Waals surface area contributed by atoms with Gasteiger partial charge in [0.15, 0.2) is 17.3 Å². The van der Waals surface area contributed by atoms with Crippen molar-refractivity contribution in [3.8, 4) is 11.5 Å². The maximum absolute atomic E-state index is 13.5. The summed E-state index contributed by atoms with van der Waals surface area (Å²) in [6.45, 7) is 4.39. The highest BCUT2D eigenvalue weighted by Gasteiger charge is 2.90. The maximum Gasteiger partial charge on any atom is 0.171 e. The highest BCUT2D eigenvalue weighted by atomic mass is 16.6. The van der Waals surface area contributed by atoms with Crippen LogP contribution in [0.1, 0.15) is 50.2 Å². The predicted molar refractivity (Wildman–Crippen MR) is 113 cm³/mol. The summed E-state index contributed by atoms with van der Waals surface area (Å²) in [7, 11) is 1.76. The zero-order chi connectivity index (χ0) is 21.0. The van der Waals surface area contributed by atoms with E-state index in [1.54, 1.807) is 13.2 Å². The molecule has 1 saturated heterocycles. The molecule has 6 atom stereocenters. The molecule has 1 aromatic rings. The first-order valence-corrected chi connectivity index (χ1v) is 12.1. The molecule has 3 saturated carbocycles. The van der Waals surface area contributed by atoms with Gasteiger partial charge in [-0.15, -0.1) is 0 Å². The van der Waals surface area contributed by atoms with Crippen LogP contribution in [-0.2, 0) is 21.4 Å². The molecule has 5 heteroatoms. The summed E-state index contributed by atoms with van der Waals surface area (Å²) in [4.78, 5) is 16.2. The number of phenolic OH excluding ortho intramolecular Hbond substituents is 1. The number of carbonyl (C=O) groups excluding carboxylic acids is 1. The van der Waals surface area contributed by atoms with Gasteiger partial charge in [0, 0.05) is 36.2 Å². The molecule has 7 aliphatic carbocycles. The molecular formula is C26H29NO4. The zero-order valence-corrected chi connectivity index (χ0v) is 18.2. The van der Waals surface area contributed by atoms with Gasteiger partial charge in [0.1, 0.15) is 11.7 Å². The summed E-state index contributed by atoms with van der Waals surface area (Å²) in [5, 5.41) is 10.8. The first-order chi connectivity index (χ1) is 15.0. The minimum atomic E-state index is -0.691. The third-order valence-corrected chi connectivity index (χ3v) is 10.7. The van der Waals surface area contributed by atoms with Crippen LogP contribution in [0.4, 0.5) is 0 Å². The lowest BCUT2D eigenvalue weighted by Gasteiger charge is -2.78. The van der Waals surface area contributed by atoms with Gasteiger partial charge < -0.3 is 14.6 Å². The van der Waals surface area contributed by atoms with E-state index >= 15 is 0 Å². The minimum absolute atomic E-state index is 0.115. The number of Topliss-reactive ketones (excluding diaryl/α,β-unsaturated/α-hetero) is 1. The number of hydrogen-bond acceptors (Lipinski definition) is 5. The number of aromatic hydroxyl groups is 1. The maximum atomic E-state index is 13.5. The summed E-state index contributed by atoms with van der Waals surface area (Å²) in [5.74, 6) is 2.02. The van der Waals surface area contributed by atoms with Gasteiger partial charge in [0.25, 0.3) is 0 Å². The van der Waals surface area contributed by atoms with E-state index in [0.29, 0.717) is 11.8 Å². The SMILES string of the molecule is CC[C@]12C[C@@]34C=C(C1=O)[C@]2(OC)[C@@H]1Oc2c(O)ccc5c2[C@@]13CCN(CC1CC1)[C@@H]4C5. The molecule has 2 heterocycles. The zero-order valence-electron chi connectivity index (χ0n) is 18.2. The summed E-state index contributed by atoms with van der Waals surface area (Å²) in [6, 6.07) is 4.32. The van der Waals surface area contributed by atoms with Gasteiger partial charge >= 0.3 is 0 Å². The Balaban J connectivity index is 1.45. The van der Waals surface area contributed by atoms with E-state index in [4.69, 9.17) is 9.47 Å². The number of methoxy groups -OCH3 is 1. The van der Waals surface area contributed by atoms with Crippen LogP contribution >= 0.6 is 0 Å². The standard InChI is InChI=1S/C26H29NO4/c1-3-23-13-24-11-16(21(23)29)26(23,30-2)22-25(24)8-9-27(12-14-4-5-14)18(24)10-15-6-7-17(28)20(31-22)19(15)25/h6-7,11,14,18,22,28H,3-5,8-10,12-13H2,1-2H3/t18-,22-,23+,24-,25+,26+/m1/s1. The largest absolute Gasteiger partial charge is 0.504 e. The number of carbonyl (C=O) groups is 1. The Morgan fingerprint density at radius 1 is 1.32 bits per heavy atom. The number of ketones is 1. The molecular weight excluding hydrogens is 390 g/mol. The third kappa shape index (κ3) is 1.45. The van der Waals surface area contributed by atoms with E-state index in [0.717, 1.165) is 43.7 Å². The molecule has 0 unspecified atom stereocenters. The Bertz CT molecular complexity index is 1120. The Kier molecular flexibility index (Phi) is 2.79. The Morgan fingerprint density at radius 2 is 2.16 bits per heavy atom. The molecule has 0 amide bonds. The number of rotatable bonds is 4. The minimum Gasteiger partial charge on any atom is -0.504 e. The Labute approximate surface area is 182 Å². The highest BCUT2D eigenvalue weighted by molar-refractivity contribution is 6.13. The van der Waals surface area contributed by atoms with Crippen molar-refractivity contribution in [2.45, 2.75) is 68.6 Å². The van der Waals surface area contributed by atoms with Crippen LogP contribution < -0.4 is 4.74 Å². The number of likely N-dealkylation sites (tertiary alicyclic amines) is 1. The molecule has 6 bridgehead atoms. The highest BCUT2D eigenvalue weighted by Crippen LogP contribution is 2.82. The molecule has 4 fully saturated rings. The van der Waals surface area contributed by atoms with Crippen molar-refractivity contribution in [3.05, 3.63) is 34.9 Å². The quantitative estimate of drug-likeness (QED) is 0.813. The van der Waals surface area contributed by atoms with Crippen LogP contribution in [0.25, 0.3) is 0 Å². The molecule has 0 aromatic heterocycles. The fourth-order valence-electron chi connectivity index (χ4n) is 9.44. The van der Waals surface area contributed by atoms with Crippen LogP contribution in [0.2, 0.25) is 0 Å². The van der Waals surface area contributed by atoms with Crippen molar-refractivity contribution in [2.24, 2.45) is 16.7 Å². The average molecular weight is 420 g/mol. The van der Waals surface area contributed by atoms with Crippen LogP contribution in [0.3, 0.4) is 0 Å². The van der Waals surface area contributed by atoms with Crippen molar-refractivity contribution >= 4 is 5.78 Å². The second-order valence-corrected chi connectivity index (χ2v) is 11.3. The first-order valence-electron chi connectivity index (χ1n) is 12.1. The van der Waals surface area contributed by atoms with Gasteiger partial charge in [-0.2, -0.15) is 0 Å². The lowest BCUT2D eigenvalue weighted by molar-refractivity contribution is -0.273. The molecule has 1 N–H and O–H groups in total. The lowest BCUT2D eigenvalue weighted by atomic mass is 9.27. The monoisotopic (exact) mass is 419 g/mol. The van der Waals surface area contributed by atoms with E-state index in [1.165, 1.54) is 30.5 Å². The Hall–Kier alpha value is -1.85. The smallest absolute Gasteiger partial charge is 0.171 e. The van der Waals surface area contributed by atoms with Gasteiger partial charge in [0.05, 0.1) is 10.8 Å². The van der Waals surface area contributed by atoms with E-state index in [2.05, 4.69) is 24.0 Å². The predicted octanol–water partition coefficient (Wildman–Crippen LogP) is 3.13. The van der Waals surface area contributed by atoms with Crippen LogP contribution in [0.5, 0.6) is 11.5 Å². The molecule has 31 heavy (non-hydrogen) atoms. The van der Waals surface area contributed by atoms with Crippen molar-refractivity contribution in [1.82, 2.24) is 4.90 Å². The molecule has 10 rings (SSSR count). The number of benzene rings is 1. The van der Waals surface area contributed by atoms with Gasteiger partial charge in [-0.05, 0) is 62.6 Å². The van der Waals surface area contributed by atoms with Crippen molar-refractivity contribution in [2.75, 3.05) is 20.2 Å². The topological polar surface area (TPSA) is 59.0 Å². The number of nitrogens with zero attached hydrogens (tertiary/aromatic N) is 1. The average Bonchev–Trinajstić information content (AvgIpc) is 3.52. The molecule has 162 valence electrons. The van der Waals surface area contributed by atoms with E-state index in [9.17, 15) is 9.90 Å². The van der Waals surface area contributed by atoms with Gasteiger partial charge in [-0.1, -0.05) is 19.1 Å². The van der Waals surface area contributed by atoms with Crippen LogP contribution in [0, 0.1) is 16.7 Å². The molecule has 2 spiro atoms. The second kappa shape index (κ2) is 4.89. The first kappa shape index (κ1) is 17.7. The van der Waals surface area contributed by atoms with Crippen LogP contribution in [-0.4, -0.2) is 53.7 Å². The normalized spacial score (nSPS) is 47.5. The van der Waals surface area contributed by atoms with Crippen molar-refractivity contribution in [1.29, 1.82) is 0 Å².